The van der Waals surface area contributed by atoms with Gasteiger partial charge in [-0.15, -0.1) is 0 Å². The molecule has 1 aromatic heterocycles. The van der Waals surface area contributed by atoms with E-state index >= 15 is 0 Å². The molecule has 2 rings (SSSR count). The number of halogens is 1. The van der Waals surface area contributed by atoms with Gasteiger partial charge in [0.25, 0.3) is 5.91 Å². The summed E-state index contributed by atoms with van der Waals surface area (Å²) in [5.74, 6) is 0.855. The molecule has 2 aromatic rings. The molecule has 0 aliphatic heterocycles. The average Bonchev–Trinajstić information content (AvgIpc) is 2.67. The maximum atomic E-state index is 11.7. The zero-order chi connectivity index (χ0) is 13.8. The van der Waals surface area contributed by atoms with Crippen molar-refractivity contribution in [3.63, 3.8) is 0 Å². The molecule has 100 valence electrons. The van der Waals surface area contributed by atoms with Gasteiger partial charge in [0, 0.05) is 13.1 Å². The minimum Gasteiger partial charge on any atom is -0.482 e. The fourth-order valence-electron chi connectivity index (χ4n) is 1.61. The molecule has 0 aliphatic rings. The second-order valence-electron chi connectivity index (χ2n) is 4.06. The largest absolute Gasteiger partial charge is 0.482 e. The summed E-state index contributed by atoms with van der Waals surface area (Å²) in [6, 6.07) is 8.80. The topological polar surface area (TPSA) is 56.1 Å². The van der Waals surface area contributed by atoms with Gasteiger partial charge < -0.3 is 10.1 Å². The highest BCUT2D eigenvalue weighted by Gasteiger charge is 2.08. The molecule has 0 atom stereocenters. The van der Waals surface area contributed by atoms with Gasteiger partial charge in [0.15, 0.2) is 6.61 Å². The van der Waals surface area contributed by atoms with E-state index in [1.807, 2.05) is 6.92 Å². The third-order valence-corrected chi connectivity index (χ3v) is 2.78. The molecule has 6 heteroatoms. The number of carbonyl (C=O) groups excluding carboxylic acids is 1. The van der Waals surface area contributed by atoms with Crippen LogP contribution in [0.4, 0.5) is 5.82 Å². The molecular formula is C13H14ClN3O2. The summed E-state index contributed by atoms with van der Waals surface area (Å²) >= 11 is 5.93. The van der Waals surface area contributed by atoms with E-state index in [-0.39, 0.29) is 12.5 Å². The van der Waals surface area contributed by atoms with Gasteiger partial charge in [0.1, 0.15) is 11.6 Å². The van der Waals surface area contributed by atoms with Crippen LogP contribution >= 0.6 is 11.6 Å². The first-order valence-corrected chi connectivity index (χ1v) is 6.12. The Bertz CT molecular complexity index is 595. The predicted molar refractivity (Wildman–Crippen MR) is 73.5 cm³/mol. The summed E-state index contributed by atoms with van der Waals surface area (Å²) in [5.41, 5.74) is 0.838. The van der Waals surface area contributed by atoms with Gasteiger partial charge in [-0.05, 0) is 19.1 Å². The van der Waals surface area contributed by atoms with Crippen molar-refractivity contribution in [3.05, 3.63) is 41.0 Å². The first-order valence-electron chi connectivity index (χ1n) is 5.74. The fraction of sp³-hybridized carbons (Fsp3) is 0.231. The van der Waals surface area contributed by atoms with Crippen LogP contribution in [-0.2, 0) is 11.8 Å². The fourth-order valence-corrected chi connectivity index (χ4v) is 1.80. The summed E-state index contributed by atoms with van der Waals surface area (Å²) in [6.45, 7) is 1.75. The van der Waals surface area contributed by atoms with Crippen molar-refractivity contribution in [2.75, 3.05) is 11.9 Å². The van der Waals surface area contributed by atoms with Crippen molar-refractivity contribution in [2.24, 2.45) is 7.05 Å². The first-order chi connectivity index (χ1) is 9.06. The highest BCUT2D eigenvalue weighted by atomic mass is 35.5. The Morgan fingerprint density at radius 1 is 1.47 bits per heavy atom. The lowest BCUT2D eigenvalue weighted by Gasteiger charge is -2.08. The molecule has 0 saturated carbocycles. The average molecular weight is 280 g/mol. The maximum absolute atomic E-state index is 11.7. The van der Waals surface area contributed by atoms with E-state index < -0.39 is 0 Å². The second-order valence-corrected chi connectivity index (χ2v) is 4.47. The molecule has 0 radical (unpaired) electrons. The van der Waals surface area contributed by atoms with Crippen LogP contribution in [0.25, 0.3) is 0 Å². The number of aromatic nitrogens is 2. The maximum Gasteiger partial charge on any atom is 0.263 e. The van der Waals surface area contributed by atoms with Crippen molar-refractivity contribution in [3.8, 4) is 5.75 Å². The monoisotopic (exact) mass is 279 g/mol. The van der Waals surface area contributed by atoms with Crippen LogP contribution in [0.5, 0.6) is 5.75 Å². The number of nitrogens with zero attached hydrogens (tertiary/aromatic N) is 2. The van der Waals surface area contributed by atoms with Crippen molar-refractivity contribution in [1.29, 1.82) is 0 Å². The van der Waals surface area contributed by atoms with E-state index in [0.29, 0.717) is 16.6 Å². The number of aryl methyl sites for hydroxylation is 2. The van der Waals surface area contributed by atoms with Gasteiger partial charge in [0.2, 0.25) is 0 Å². The molecule has 19 heavy (non-hydrogen) atoms. The molecule has 0 fully saturated rings. The molecule has 1 N–H and O–H groups in total. The summed E-state index contributed by atoms with van der Waals surface area (Å²) in [6.07, 6.45) is 0. The minimum absolute atomic E-state index is 0.103. The van der Waals surface area contributed by atoms with Crippen LogP contribution in [0.1, 0.15) is 5.69 Å². The van der Waals surface area contributed by atoms with Gasteiger partial charge in [-0.1, -0.05) is 23.7 Å². The van der Waals surface area contributed by atoms with Crippen molar-refractivity contribution in [1.82, 2.24) is 9.78 Å². The Hall–Kier alpha value is -2.01. The van der Waals surface area contributed by atoms with Gasteiger partial charge in [-0.2, -0.15) is 5.10 Å². The third kappa shape index (κ3) is 3.48. The Labute approximate surface area is 116 Å². The molecule has 0 unspecified atom stereocenters. The Balaban J connectivity index is 1.92. The summed E-state index contributed by atoms with van der Waals surface area (Å²) in [5, 5.41) is 7.33. The third-order valence-electron chi connectivity index (χ3n) is 2.46. The molecule has 0 saturated heterocycles. The lowest BCUT2D eigenvalue weighted by molar-refractivity contribution is -0.118. The number of nitrogens with one attached hydrogen (secondary N) is 1. The van der Waals surface area contributed by atoms with Gasteiger partial charge in [-0.3, -0.25) is 9.48 Å². The highest BCUT2D eigenvalue weighted by Crippen LogP contribution is 2.22. The number of amides is 1. The van der Waals surface area contributed by atoms with Crippen molar-refractivity contribution >= 4 is 23.3 Å². The van der Waals surface area contributed by atoms with Crippen LogP contribution in [-0.4, -0.2) is 22.3 Å². The second kappa shape index (κ2) is 5.75. The van der Waals surface area contributed by atoms with E-state index in [9.17, 15) is 4.79 Å². The molecule has 5 nitrogen and oxygen atoms in total. The number of anilines is 1. The number of hydrogen-bond donors (Lipinski definition) is 1. The number of rotatable bonds is 4. The van der Waals surface area contributed by atoms with Crippen molar-refractivity contribution < 1.29 is 9.53 Å². The quantitative estimate of drug-likeness (QED) is 0.935. The smallest absolute Gasteiger partial charge is 0.263 e. The SMILES string of the molecule is Cc1cc(NC(=O)COc2ccccc2Cl)n(C)n1. The number of benzene rings is 1. The summed E-state index contributed by atoms with van der Waals surface area (Å²) < 4.78 is 6.94. The van der Waals surface area contributed by atoms with Crippen LogP contribution in [0.3, 0.4) is 0 Å². The van der Waals surface area contributed by atoms with Gasteiger partial charge >= 0.3 is 0 Å². The van der Waals surface area contributed by atoms with E-state index in [0.717, 1.165) is 5.69 Å². The summed E-state index contributed by atoms with van der Waals surface area (Å²) in [7, 11) is 1.76. The normalized spacial score (nSPS) is 10.3. The van der Waals surface area contributed by atoms with Crippen LogP contribution < -0.4 is 10.1 Å². The Morgan fingerprint density at radius 3 is 2.84 bits per heavy atom. The Morgan fingerprint density at radius 2 is 2.21 bits per heavy atom. The van der Waals surface area contributed by atoms with Gasteiger partial charge in [0.05, 0.1) is 10.7 Å². The number of para-hydroxylation sites is 1. The lowest BCUT2D eigenvalue weighted by atomic mass is 10.3. The molecule has 1 amide bonds. The zero-order valence-electron chi connectivity index (χ0n) is 10.7. The zero-order valence-corrected chi connectivity index (χ0v) is 11.4. The van der Waals surface area contributed by atoms with Crippen LogP contribution in [0, 0.1) is 6.92 Å². The molecule has 0 bridgehead atoms. The van der Waals surface area contributed by atoms with Gasteiger partial charge in [-0.25, -0.2) is 0 Å². The highest BCUT2D eigenvalue weighted by molar-refractivity contribution is 6.32. The number of hydrogen-bond acceptors (Lipinski definition) is 3. The molecule has 1 aromatic carbocycles. The number of carbonyl (C=O) groups is 1. The van der Waals surface area contributed by atoms with E-state index in [1.54, 1.807) is 42.1 Å². The van der Waals surface area contributed by atoms with E-state index in [4.69, 9.17) is 16.3 Å². The van der Waals surface area contributed by atoms with Crippen molar-refractivity contribution in [2.45, 2.75) is 6.92 Å². The predicted octanol–water partition coefficient (Wildman–Crippen LogP) is 2.40. The molecule has 0 aliphatic carbocycles. The lowest BCUT2D eigenvalue weighted by Crippen LogP contribution is -2.21. The summed E-state index contributed by atoms with van der Waals surface area (Å²) in [4.78, 5) is 11.7. The Kier molecular flexibility index (Phi) is 4.06. The molecule has 0 spiro atoms. The van der Waals surface area contributed by atoms with E-state index in [2.05, 4.69) is 10.4 Å². The molecular weight excluding hydrogens is 266 g/mol. The van der Waals surface area contributed by atoms with Crippen LogP contribution in [0.2, 0.25) is 5.02 Å². The number of ether oxygens (including phenoxy) is 1. The van der Waals surface area contributed by atoms with E-state index in [1.165, 1.54) is 0 Å². The standard InChI is InChI=1S/C13H14ClN3O2/c1-9-7-12(17(2)16-9)15-13(18)8-19-11-6-4-3-5-10(11)14/h3-7H,8H2,1-2H3,(H,15,18). The minimum atomic E-state index is -0.261. The van der Waals surface area contributed by atoms with Crippen LogP contribution in [0.15, 0.2) is 30.3 Å². The molecule has 1 heterocycles. The first kappa shape index (κ1) is 13.4.